The van der Waals surface area contributed by atoms with Crippen LogP contribution in [0, 0.1) is 11.7 Å². The number of ether oxygens (including phenoxy) is 1. The van der Waals surface area contributed by atoms with Gasteiger partial charge in [-0.15, -0.1) is 0 Å². The van der Waals surface area contributed by atoms with Crippen molar-refractivity contribution in [2.75, 3.05) is 33.3 Å². The van der Waals surface area contributed by atoms with Gasteiger partial charge in [-0.3, -0.25) is 4.79 Å². The minimum atomic E-state index is -0.449. The Morgan fingerprint density at radius 2 is 2.14 bits per heavy atom. The molecule has 1 saturated heterocycles. The first-order valence-corrected chi connectivity index (χ1v) is 7.49. The molecule has 1 N–H and O–H groups in total. The fourth-order valence-electron chi connectivity index (χ4n) is 2.71. The van der Waals surface area contributed by atoms with Crippen molar-refractivity contribution < 1.29 is 13.9 Å². The van der Waals surface area contributed by atoms with Gasteiger partial charge < -0.3 is 15.0 Å². The molecule has 1 amide bonds. The highest BCUT2D eigenvalue weighted by atomic mass is 19.1. The zero-order valence-corrected chi connectivity index (χ0v) is 12.7. The van der Waals surface area contributed by atoms with Crippen LogP contribution in [0.2, 0.25) is 0 Å². The van der Waals surface area contributed by atoms with E-state index in [1.807, 2.05) is 11.8 Å². The number of hydrogen-bond acceptors (Lipinski definition) is 3. The molecule has 0 unspecified atom stereocenters. The summed E-state index contributed by atoms with van der Waals surface area (Å²) in [5.41, 5.74) is 0.476. The molecule has 0 aromatic heterocycles. The van der Waals surface area contributed by atoms with E-state index >= 15 is 0 Å². The molecule has 0 bridgehead atoms. The molecule has 0 radical (unpaired) electrons. The van der Waals surface area contributed by atoms with Crippen molar-refractivity contribution in [1.82, 2.24) is 10.2 Å². The van der Waals surface area contributed by atoms with Crippen LogP contribution < -0.4 is 10.1 Å². The number of nitrogens with one attached hydrogen (secondary N) is 1. The molecular weight excluding hydrogens is 271 g/mol. The summed E-state index contributed by atoms with van der Waals surface area (Å²) in [4.78, 5) is 14.4. The Hall–Kier alpha value is -1.62. The lowest BCUT2D eigenvalue weighted by atomic mass is 9.97. The Bertz CT molecular complexity index is 487. The Labute approximate surface area is 125 Å². The largest absolute Gasteiger partial charge is 0.494 e. The summed E-state index contributed by atoms with van der Waals surface area (Å²) in [7, 11) is 1.40. The lowest BCUT2D eigenvalue weighted by Crippen LogP contribution is -2.39. The summed E-state index contributed by atoms with van der Waals surface area (Å²) in [6.45, 7) is 5.42. The minimum Gasteiger partial charge on any atom is -0.494 e. The van der Waals surface area contributed by atoms with Crippen molar-refractivity contribution in [1.29, 1.82) is 0 Å². The van der Waals surface area contributed by atoms with Crippen LogP contribution in [-0.4, -0.2) is 44.1 Å². The molecule has 1 aromatic carbocycles. The minimum absolute atomic E-state index is 0.0608. The highest BCUT2D eigenvalue weighted by Gasteiger charge is 2.21. The second-order valence-corrected chi connectivity index (χ2v) is 5.39. The molecule has 1 heterocycles. The summed E-state index contributed by atoms with van der Waals surface area (Å²) in [5, 5.41) is 3.33. The van der Waals surface area contributed by atoms with Gasteiger partial charge in [-0.2, -0.15) is 0 Å². The van der Waals surface area contributed by atoms with Crippen LogP contribution in [0.4, 0.5) is 4.39 Å². The summed E-state index contributed by atoms with van der Waals surface area (Å²) in [6.07, 6.45) is 2.19. The highest BCUT2D eigenvalue weighted by molar-refractivity contribution is 5.94. The van der Waals surface area contributed by atoms with Gasteiger partial charge in [-0.1, -0.05) is 0 Å². The molecule has 0 saturated carbocycles. The number of piperidine rings is 1. The van der Waals surface area contributed by atoms with Crippen molar-refractivity contribution in [3.63, 3.8) is 0 Å². The monoisotopic (exact) mass is 294 g/mol. The predicted molar refractivity (Wildman–Crippen MR) is 80.1 cm³/mol. The van der Waals surface area contributed by atoms with E-state index in [0.717, 1.165) is 32.5 Å². The van der Waals surface area contributed by atoms with E-state index in [1.165, 1.54) is 25.3 Å². The first-order valence-electron chi connectivity index (χ1n) is 7.49. The van der Waals surface area contributed by atoms with Crippen LogP contribution in [0.3, 0.4) is 0 Å². The Kier molecular flexibility index (Phi) is 5.56. The van der Waals surface area contributed by atoms with Gasteiger partial charge in [-0.25, -0.2) is 4.39 Å². The van der Waals surface area contributed by atoms with Crippen molar-refractivity contribution in [3.8, 4) is 5.75 Å². The van der Waals surface area contributed by atoms with Crippen LogP contribution in [0.1, 0.15) is 30.1 Å². The van der Waals surface area contributed by atoms with E-state index in [4.69, 9.17) is 4.74 Å². The molecule has 0 spiro atoms. The fourth-order valence-corrected chi connectivity index (χ4v) is 2.71. The smallest absolute Gasteiger partial charge is 0.253 e. The van der Waals surface area contributed by atoms with Crippen molar-refractivity contribution in [2.45, 2.75) is 19.8 Å². The third kappa shape index (κ3) is 3.94. The SMILES string of the molecule is CCN(CC1CCNCC1)C(=O)c1ccc(F)c(OC)c1. The maximum Gasteiger partial charge on any atom is 0.253 e. The second kappa shape index (κ2) is 7.41. The first-order chi connectivity index (χ1) is 10.2. The van der Waals surface area contributed by atoms with Gasteiger partial charge in [0.05, 0.1) is 7.11 Å². The average molecular weight is 294 g/mol. The molecule has 21 heavy (non-hydrogen) atoms. The van der Waals surface area contributed by atoms with Gasteiger partial charge in [0.2, 0.25) is 0 Å². The Morgan fingerprint density at radius 3 is 2.76 bits per heavy atom. The molecule has 1 fully saturated rings. The topological polar surface area (TPSA) is 41.6 Å². The summed E-state index contributed by atoms with van der Waals surface area (Å²) >= 11 is 0. The molecule has 1 aromatic rings. The molecule has 2 rings (SSSR count). The summed E-state index contributed by atoms with van der Waals surface area (Å²) in [5.74, 6) is 0.140. The van der Waals surface area contributed by atoms with E-state index in [1.54, 1.807) is 0 Å². The van der Waals surface area contributed by atoms with E-state index in [2.05, 4.69) is 5.32 Å². The highest BCUT2D eigenvalue weighted by Crippen LogP contribution is 2.20. The molecule has 0 atom stereocenters. The summed E-state index contributed by atoms with van der Waals surface area (Å²) in [6, 6.07) is 4.28. The fraction of sp³-hybridized carbons (Fsp3) is 0.562. The number of amides is 1. The third-order valence-corrected chi connectivity index (χ3v) is 4.00. The van der Waals surface area contributed by atoms with Gasteiger partial charge in [0.1, 0.15) is 0 Å². The zero-order valence-electron chi connectivity index (χ0n) is 12.7. The number of carbonyl (C=O) groups is 1. The maximum atomic E-state index is 13.4. The average Bonchev–Trinajstić information content (AvgIpc) is 2.53. The van der Waals surface area contributed by atoms with Crippen molar-refractivity contribution in [3.05, 3.63) is 29.6 Å². The molecular formula is C16H23FN2O2. The first kappa shape index (κ1) is 15.8. The van der Waals surface area contributed by atoms with Crippen LogP contribution in [0.25, 0.3) is 0 Å². The van der Waals surface area contributed by atoms with Crippen LogP contribution in [0.15, 0.2) is 18.2 Å². The quantitative estimate of drug-likeness (QED) is 0.906. The molecule has 1 aliphatic rings. The third-order valence-electron chi connectivity index (χ3n) is 4.00. The van der Waals surface area contributed by atoms with Gasteiger partial charge in [0, 0.05) is 18.7 Å². The molecule has 0 aliphatic carbocycles. The number of carbonyl (C=O) groups excluding carboxylic acids is 1. The van der Waals surface area contributed by atoms with Crippen molar-refractivity contribution >= 4 is 5.91 Å². The van der Waals surface area contributed by atoms with Crippen LogP contribution in [0.5, 0.6) is 5.75 Å². The standard InChI is InChI=1S/C16H23FN2O2/c1-3-19(11-12-6-8-18-9-7-12)16(20)13-4-5-14(17)15(10-13)21-2/h4-5,10,12,18H,3,6-9,11H2,1-2H3. The molecule has 1 aliphatic heterocycles. The predicted octanol–water partition coefficient (Wildman–Crippen LogP) is 2.30. The zero-order chi connectivity index (χ0) is 15.2. The molecule has 5 heteroatoms. The van der Waals surface area contributed by atoms with Gasteiger partial charge in [0.15, 0.2) is 11.6 Å². The normalized spacial score (nSPS) is 15.8. The lowest BCUT2D eigenvalue weighted by molar-refractivity contribution is 0.0726. The number of hydrogen-bond donors (Lipinski definition) is 1. The number of benzene rings is 1. The van der Waals surface area contributed by atoms with Crippen LogP contribution >= 0.6 is 0 Å². The maximum absolute atomic E-state index is 13.4. The molecule has 116 valence electrons. The molecule has 4 nitrogen and oxygen atoms in total. The lowest BCUT2D eigenvalue weighted by Gasteiger charge is -2.29. The number of nitrogens with zero attached hydrogens (tertiary/aromatic N) is 1. The van der Waals surface area contributed by atoms with E-state index in [9.17, 15) is 9.18 Å². The van der Waals surface area contributed by atoms with Crippen molar-refractivity contribution in [2.24, 2.45) is 5.92 Å². The Morgan fingerprint density at radius 1 is 1.43 bits per heavy atom. The van der Waals surface area contributed by atoms with Crippen LogP contribution in [-0.2, 0) is 0 Å². The number of methoxy groups -OCH3 is 1. The van der Waals surface area contributed by atoms with E-state index in [0.29, 0.717) is 18.0 Å². The number of halogens is 1. The van der Waals surface area contributed by atoms with Gasteiger partial charge in [-0.05, 0) is 57.0 Å². The van der Waals surface area contributed by atoms with E-state index in [-0.39, 0.29) is 11.7 Å². The summed E-state index contributed by atoms with van der Waals surface area (Å²) < 4.78 is 18.4. The second-order valence-electron chi connectivity index (χ2n) is 5.39. The van der Waals surface area contributed by atoms with Gasteiger partial charge >= 0.3 is 0 Å². The van der Waals surface area contributed by atoms with Gasteiger partial charge in [0.25, 0.3) is 5.91 Å². The Balaban J connectivity index is 2.08. The van der Waals surface area contributed by atoms with E-state index < -0.39 is 5.82 Å². The number of rotatable bonds is 5.